The monoisotopic (exact) mass is 288 g/mol. The first-order valence-corrected chi connectivity index (χ1v) is 7.03. The van der Waals surface area contributed by atoms with Crippen LogP contribution >= 0.6 is 11.6 Å². The highest BCUT2D eigenvalue weighted by atomic mass is 35.5. The van der Waals surface area contributed by atoms with E-state index in [4.69, 9.17) is 11.6 Å². The highest BCUT2D eigenvalue weighted by Crippen LogP contribution is 2.16. The SMILES string of the molecule is CCN(CCc1ccccc1)C(=O)c1ccncc1Cl. The summed E-state index contributed by atoms with van der Waals surface area (Å²) in [6.45, 7) is 3.31. The summed E-state index contributed by atoms with van der Waals surface area (Å²) >= 11 is 6.03. The molecule has 0 radical (unpaired) electrons. The predicted octanol–water partition coefficient (Wildman–Crippen LogP) is 3.44. The summed E-state index contributed by atoms with van der Waals surface area (Å²) in [5, 5.41) is 0.399. The van der Waals surface area contributed by atoms with Gasteiger partial charge in [-0.15, -0.1) is 0 Å². The lowest BCUT2D eigenvalue weighted by Crippen LogP contribution is -2.33. The van der Waals surface area contributed by atoms with Crippen LogP contribution in [0.15, 0.2) is 48.8 Å². The molecule has 2 rings (SSSR count). The van der Waals surface area contributed by atoms with Gasteiger partial charge in [0.15, 0.2) is 0 Å². The molecule has 0 bridgehead atoms. The molecule has 0 saturated carbocycles. The molecule has 0 aliphatic rings. The average Bonchev–Trinajstić information content (AvgIpc) is 2.49. The molecule has 0 saturated heterocycles. The predicted molar refractivity (Wildman–Crippen MR) is 81.0 cm³/mol. The zero-order valence-electron chi connectivity index (χ0n) is 11.4. The minimum absolute atomic E-state index is 0.0455. The number of benzene rings is 1. The summed E-state index contributed by atoms with van der Waals surface area (Å²) in [5.41, 5.74) is 1.73. The highest BCUT2D eigenvalue weighted by Gasteiger charge is 2.16. The smallest absolute Gasteiger partial charge is 0.255 e. The minimum atomic E-state index is -0.0455. The molecular formula is C16H17ClN2O. The Kier molecular flexibility index (Phi) is 5.13. The van der Waals surface area contributed by atoms with E-state index >= 15 is 0 Å². The summed E-state index contributed by atoms with van der Waals surface area (Å²) in [6.07, 6.45) is 3.92. The molecule has 1 amide bonds. The van der Waals surface area contributed by atoms with Gasteiger partial charge in [0.05, 0.1) is 10.6 Å². The lowest BCUT2D eigenvalue weighted by molar-refractivity contribution is 0.0766. The van der Waals surface area contributed by atoms with Gasteiger partial charge in [-0.2, -0.15) is 0 Å². The molecule has 1 aromatic carbocycles. The van der Waals surface area contributed by atoms with E-state index in [1.807, 2.05) is 25.1 Å². The average molecular weight is 289 g/mol. The number of pyridine rings is 1. The van der Waals surface area contributed by atoms with Crippen LogP contribution in [0.1, 0.15) is 22.8 Å². The van der Waals surface area contributed by atoms with Crippen molar-refractivity contribution in [3.8, 4) is 0 Å². The topological polar surface area (TPSA) is 33.2 Å². The summed E-state index contributed by atoms with van der Waals surface area (Å²) in [4.78, 5) is 18.1. The Morgan fingerprint density at radius 2 is 2.00 bits per heavy atom. The van der Waals surface area contributed by atoms with Gasteiger partial charge < -0.3 is 4.90 Å². The normalized spacial score (nSPS) is 10.3. The summed E-state index contributed by atoms with van der Waals surface area (Å²) in [5.74, 6) is -0.0455. The van der Waals surface area contributed by atoms with Crippen molar-refractivity contribution in [2.24, 2.45) is 0 Å². The molecule has 0 unspecified atom stereocenters. The first-order chi connectivity index (χ1) is 9.72. The lowest BCUT2D eigenvalue weighted by Gasteiger charge is -2.21. The Bertz CT molecular complexity index is 572. The number of aromatic nitrogens is 1. The van der Waals surface area contributed by atoms with Crippen LogP contribution in [-0.2, 0) is 6.42 Å². The number of likely N-dealkylation sites (N-methyl/N-ethyl adjacent to an activating group) is 1. The molecule has 0 aliphatic carbocycles. The van der Waals surface area contributed by atoms with Gasteiger partial charge in [-0.25, -0.2) is 0 Å². The van der Waals surface area contributed by atoms with Crippen LogP contribution in [0.2, 0.25) is 5.02 Å². The maximum atomic E-state index is 12.4. The molecule has 0 spiro atoms. The van der Waals surface area contributed by atoms with E-state index in [9.17, 15) is 4.79 Å². The fraction of sp³-hybridized carbons (Fsp3) is 0.250. The van der Waals surface area contributed by atoms with Gasteiger partial charge in [0.2, 0.25) is 0 Å². The Labute approximate surface area is 124 Å². The third-order valence-corrected chi connectivity index (χ3v) is 3.49. The lowest BCUT2D eigenvalue weighted by atomic mass is 10.1. The molecule has 4 heteroatoms. The van der Waals surface area contributed by atoms with Crippen LogP contribution in [0.25, 0.3) is 0 Å². The van der Waals surface area contributed by atoms with E-state index < -0.39 is 0 Å². The number of rotatable bonds is 5. The second-order valence-electron chi connectivity index (χ2n) is 4.48. The van der Waals surface area contributed by atoms with E-state index in [1.165, 1.54) is 11.8 Å². The zero-order chi connectivity index (χ0) is 14.4. The van der Waals surface area contributed by atoms with Gasteiger partial charge in [0.1, 0.15) is 0 Å². The van der Waals surface area contributed by atoms with Crippen molar-refractivity contribution >= 4 is 17.5 Å². The quantitative estimate of drug-likeness (QED) is 0.844. The Balaban J connectivity index is 2.05. The highest BCUT2D eigenvalue weighted by molar-refractivity contribution is 6.33. The van der Waals surface area contributed by atoms with Crippen LogP contribution in [-0.4, -0.2) is 28.9 Å². The number of amides is 1. The number of hydrogen-bond acceptors (Lipinski definition) is 2. The molecule has 0 aliphatic heterocycles. The van der Waals surface area contributed by atoms with Gasteiger partial charge in [-0.05, 0) is 25.0 Å². The fourth-order valence-electron chi connectivity index (χ4n) is 2.03. The van der Waals surface area contributed by atoms with Gasteiger partial charge in [0.25, 0.3) is 5.91 Å². The van der Waals surface area contributed by atoms with E-state index in [0.717, 1.165) is 6.42 Å². The van der Waals surface area contributed by atoms with Crippen molar-refractivity contribution in [3.63, 3.8) is 0 Å². The molecule has 104 valence electrons. The van der Waals surface area contributed by atoms with Gasteiger partial charge in [-0.1, -0.05) is 41.9 Å². The van der Waals surface area contributed by atoms with Crippen molar-refractivity contribution in [2.45, 2.75) is 13.3 Å². The van der Waals surface area contributed by atoms with Crippen LogP contribution in [0, 0.1) is 0 Å². The second kappa shape index (κ2) is 7.06. The van der Waals surface area contributed by atoms with Crippen LogP contribution in [0.5, 0.6) is 0 Å². The maximum absolute atomic E-state index is 12.4. The fourth-order valence-corrected chi connectivity index (χ4v) is 2.23. The van der Waals surface area contributed by atoms with E-state index in [1.54, 1.807) is 17.2 Å². The summed E-state index contributed by atoms with van der Waals surface area (Å²) < 4.78 is 0. The number of halogens is 1. The molecule has 0 atom stereocenters. The third-order valence-electron chi connectivity index (χ3n) is 3.19. The minimum Gasteiger partial charge on any atom is -0.339 e. The zero-order valence-corrected chi connectivity index (χ0v) is 12.2. The Morgan fingerprint density at radius 3 is 2.65 bits per heavy atom. The second-order valence-corrected chi connectivity index (χ2v) is 4.88. The molecule has 1 heterocycles. The van der Waals surface area contributed by atoms with Crippen molar-refractivity contribution in [1.82, 2.24) is 9.88 Å². The van der Waals surface area contributed by atoms with Crippen molar-refractivity contribution in [2.75, 3.05) is 13.1 Å². The first kappa shape index (κ1) is 14.5. The number of nitrogens with zero attached hydrogens (tertiary/aromatic N) is 2. The van der Waals surface area contributed by atoms with Crippen molar-refractivity contribution in [3.05, 3.63) is 64.9 Å². The molecule has 0 fully saturated rings. The largest absolute Gasteiger partial charge is 0.339 e. The van der Waals surface area contributed by atoms with Gasteiger partial charge in [0, 0.05) is 25.5 Å². The molecular weight excluding hydrogens is 272 g/mol. The maximum Gasteiger partial charge on any atom is 0.255 e. The van der Waals surface area contributed by atoms with Crippen LogP contribution < -0.4 is 0 Å². The van der Waals surface area contributed by atoms with Crippen LogP contribution in [0.4, 0.5) is 0 Å². The number of carbonyl (C=O) groups excluding carboxylic acids is 1. The molecule has 3 nitrogen and oxygen atoms in total. The van der Waals surface area contributed by atoms with E-state index in [2.05, 4.69) is 17.1 Å². The molecule has 2 aromatic rings. The van der Waals surface area contributed by atoms with E-state index in [-0.39, 0.29) is 5.91 Å². The van der Waals surface area contributed by atoms with Gasteiger partial charge in [-0.3, -0.25) is 9.78 Å². The van der Waals surface area contributed by atoms with Crippen molar-refractivity contribution in [1.29, 1.82) is 0 Å². The van der Waals surface area contributed by atoms with E-state index in [0.29, 0.717) is 23.7 Å². The third kappa shape index (κ3) is 3.58. The Hall–Kier alpha value is -1.87. The van der Waals surface area contributed by atoms with Crippen LogP contribution in [0.3, 0.4) is 0 Å². The molecule has 1 aromatic heterocycles. The Morgan fingerprint density at radius 1 is 1.25 bits per heavy atom. The number of carbonyl (C=O) groups is 1. The van der Waals surface area contributed by atoms with Gasteiger partial charge >= 0.3 is 0 Å². The number of hydrogen-bond donors (Lipinski definition) is 0. The summed E-state index contributed by atoms with van der Waals surface area (Å²) in [7, 11) is 0. The van der Waals surface area contributed by atoms with Crippen molar-refractivity contribution < 1.29 is 4.79 Å². The molecule has 20 heavy (non-hydrogen) atoms. The summed E-state index contributed by atoms with van der Waals surface area (Å²) in [6, 6.07) is 11.8. The molecule has 0 N–H and O–H groups in total. The first-order valence-electron chi connectivity index (χ1n) is 6.65. The standard InChI is InChI=1S/C16H17ClN2O/c1-2-19(11-9-13-6-4-3-5-7-13)16(20)14-8-10-18-12-15(14)17/h3-8,10,12H,2,9,11H2,1H3.